The molecule has 0 saturated carbocycles. The van der Waals surface area contributed by atoms with Crippen LogP contribution in [0.15, 0.2) is 36.5 Å². The first kappa shape index (κ1) is 15.0. The minimum atomic E-state index is -3.49. The molecule has 0 N–H and O–H groups in total. The third-order valence-electron chi connectivity index (χ3n) is 2.56. The third-order valence-corrected chi connectivity index (χ3v) is 3.68. The van der Waals surface area contributed by atoms with Crippen LogP contribution in [-0.2, 0) is 13.8 Å². The number of benzene rings is 1. The Bertz CT molecular complexity index is 670. The van der Waals surface area contributed by atoms with E-state index in [-0.39, 0.29) is 12.4 Å². The highest BCUT2D eigenvalue weighted by atomic mass is 35.7. The van der Waals surface area contributed by atoms with Gasteiger partial charge in [-0.15, -0.1) is 0 Å². The topological polar surface area (TPSA) is 65.5 Å². The molecular weight excluding hydrogens is 302 g/mol. The van der Waals surface area contributed by atoms with Crippen molar-refractivity contribution in [2.75, 3.05) is 25.6 Å². The van der Waals surface area contributed by atoms with Gasteiger partial charge in [-0.2, -0.15) is 0 Å². The van der Waals surface area contributed by atoms with Gasteiger partial charge in [0.15, 0.2) is 0 Å². The summed E-state index contributed by atoms with van der Waals surface area (Å²) in [5, 5.41) is 0.929. The largest absolute Gasteiger partial charge is 0.490 e. The van der Waals surface area contributed by atoms with Crippen molar-refractivity contribution in [2.45, 2.75) is 0 Å². The zero-order chi connectivity index (χ0) is 14.4. The zero-order valence-corrected chi connectivity index (χ0v) is 12.2. The summed E-state index contributed by atoms with van der Waals surface area (Å²) in [4.78, 5) is 4.23. The van der Waals surface area contributed by atoms with Crippen LogP contribution in [-0.4, -0.2) is 39.0 Å². The molecule has 0 aliphatic carbocycles. The molecule has 0 atom stereocenters. The zero-order valence-electron chi connectivity index (χ0n) is 10.7. The lowest BCUT2D eigenvalue weighted by Crippen LogP contribution is -2.12. The van der Waals surface area contributed by atoms with Gasteiger partial charge in [-0.25, -0.2) is 8.42 Å². The molecule has 0 saturated heterocycles. The Labute approximate surface area is 121 Å². The molecule has 0 aliphatic rings. The maximum atomic E-state index is 10.7. The molecule has 1 heterocycles. The average Bonchev–Trinajstić information content (AvgIpc) is 2.41. The molecule has 5 nitrogen and oxygen atoms in total. The van der Waals surface area contributed by atoms with Gasteiger partial charge in [0.2, 0.25) is 9.05 Å². The van der Waals surface area contributed by atoms with Crippen LogP contribution in [0.3, 0.4) is 0 Å². The number of aromatic nitrogens is 1. The molecule has 0 radical (unpaired) electrons. The normalized spacial score (nSPS) is 11.7. The summed E-state index contributed by atoms with van der Waals surface area (Å²) in [6.45, 7) is 0.686. The number of fused-ring (bicyclic) bond motifs is 1. The number of hydrogen-bond acceptors (Lipinski definition) is 5. The van der Waals surface area contributed by atoms with Crippen molar-refractivity contribution in [1.29, 1.82) is 0 Å². The van der Waals surface area contributed by atoms with Crippen molar-refractivity contribution in [3.63, 3.8) is 0 Å². The van der Waals surface area contributed by atoms with E-state index in [0.717, 1.165) is 16.7 Å². The van der Waals surface area contributed by atoms with Crippen molar-refractivity contribution in [3.8, 4) is 5.75 Å². The molecule has 0 spiro atoms. The van der Waals surface area contributed by atoms with Gasteiger partial charge in [-0.05, 0) is 24.3 Å². The average molecular weight is 316 g/mol. The van der Waals surface area contributed by atoms with Crippen LogP contribution in [0, 0.1) is 0 Å². The number of pyridine rings is 1. The van der Waals surface area contributed by atoms with Crippen LogP contribution < -0.4 is 4.74 Å². The summed E-state index contributed by atoms with van der Waals surface area (Å²) < 4.78 is 32.1. The van der Waals surface area contributed by atoms with Crippen LogP contribution in [0.4, 0.5) is 0 Å². The molecule has 20 heavy (non-hydrogen) atoms. The van der Waals surface area contributed by atoms with Crippen molar-refractivity contribution < 1.29 is 17.9 Å². The minimum absolute atomic E-state index is 0.0618. The highest BCUT2D eigenvalue weighted by Gasteiger charge is 2.05. The summed E-state index contributed by atoms with van der Waals surface area (Å²) in [6, 6.07) is 9.40. The summed E-state index contributed by atoms with van der Waals surface area (Å²) in [6.07, 6.45) is 1.72. The van der Waals surface area contributed by atoms with E-state index in [0.29, 0.717) is 13.2 Å². The first-order valence-corrected chi connectivity index (χ1v) is 8.51. The van der Waals surface area contributed by atoms with Crippen molar-refractivity contribution in [3.05, 3.63) is 36.5 Å². The summed E-state index contributed by atoms with van der Waals surface area (Å²) in [7, 11) is 1.57. The Kier molecular flexibility index (Phi) is 5.17. The predicted molar refractivity (Wildman–Crippen MR) is 77.7 cm³/mol. The Morgan fingerprint density at radius 1 is 1.10 bits per heavy atom. The molecule has 2 rings (SSSR count). The molecule has 0 aliphatic heterocycles. The minimum Gasteiger partial charge on any atom is -0.490 e. The quantitative estimate of drug-likeness (QED) is 0.579. The second kappa shape index (κ2) is 6.88. The second-order valence-electron chi connectivity index (χ2n) is 4.03. The summed E-state index contributed by atoms with van der Waals surface area (Å²) in [5.74, 6) is 0.524. The van der Waals surface area contributed by atoms with E-state index in [1.807, 2.05) is 30.3 Å². The monoisotopic (exact) mass is 315 g/mol. The molecule has 1 aromatic heterocycles. The van der Waals surface area contributed by atoms with E-state index in [4.69, 9.17) is 20.2 Å². The maximum absolute atomic E-state index is 10.7. The van der Waals surface area contributed by atoms with Crippen LogP contribution in [0.5, 0.6) is 5.75 Å². The van der Waals surface area contributed by atoms with Crippen LogP contribution in [0.25, 0.3) is 10.9 Å². The van der Waals surface area contributed by atoms with Crippen LogP contribution >= 0.6 is 10.7 Å². The molecule has 0 amide bonds. The van der Waals surface area contributed by atoms with E-state index in [2.05, 4.69) is 4.98 Å². The lowest BCUT2D eigenvalue weighted by Gasteiger charge is -2.09. The Morgan fingerprint density at radius 2 is 1.95 bits per heavy atom. The van der Waals surface area contributed by atoms with Gasteiger partial charge < -0.3 is 9.47 Å². The SMILES string of the molecule is O=S(=O)(Cl)CCOCCOc1cccc2ncccc12. The molecular formula is C13H14ClNO4S. The summed E-state index contributed by atoms with van der Waals surface area (Å²) in [5.41, 5.74) is 0.860. The van der Waals surface area contributed by atoms with Crippen LogP contribution in [0.2, 0.25) is 0 Å². The first-order valence-electron chi connectivity index (χ1n) is 6.03. The molecule has 0 unspecified atom stereocenters. The highest BCUT2D eigenvalue weighted by Crippen LogP contribution is 2.23. The van der Waals surface area contributed by atoms with Crippen molar-refractivity contribution in [1.82, 2.24) is 4.98 Å². The standard InChI is InChI=1S/C13H14ClNO4S/c14-20(16,17)10-9-18-7-8-19-13-5-1-4-12-11(13)3-2-6-15-12/h1-6H,7-10H2. The third kappa shape index (κ3) is 4.63. The highest BCUT2D eigenvalue weighted by molar-refractivity contribution is 8.13. The number of nitrogens with zero attached hydrogens (tertiary/aromatic N) is 1. The number of hydrogen-bond donors (Lipinski definition) is 0. The fraction of sp³-hybridized carbons (Fsp3) is 0.308. The van der Waals surface area contributed by atoms with Gasteiger partial charge >= 0.3 is 0 Å². The van der Waals surface area contributed by atoms with Gasteiger partial charge in [0.25, 0.3) is 0 Å². The van der Waals surface area contributed by atoms with Crippen LogP contribution in [0.1, 0.15) is 0 Å². The summed E-state index contributed by atoms with van der Waals surface area (Å²) >= 11 is 0. The van der Waals surface area contributed by atoms with Crippen molar-refractivity contribution in [2.24, 2.45) is 0 Å². The lowest BCUT2D eigenvalue weighted by molar-refractivity contribution is 0.112. The molecule has 0 fully saturated rings. The molecule has 108 valence electrons. The molecule has 2 aromatic rings. The molecule has 7 heteroatoms. The predicted octanol–water partition coefficient (Wildman–Crippen LogP) is 2.20. The first-order chi connectivity index (χ1) is 9.56. The Hall–Kier alpha value is -1.37. The number of halogens is 1. The molecule has 1 aromatic carbocycles. The van der Waals surface area contributed by atoms with E-state index in [1.54, 1.807) is 6.20 Å². The van der Waals surface area contributed by atoms with Gasteiger partial charge in [0.05, 0.1) is 24.5 Å². The molecule has 0 bridgehead atoms. The fourth-order valence-electron chi connectivity index (χ4n) is 1.67. The smallest absolute Gasteiger partial charge is 0.234 e. The van der Waals surface area contributed by atoms with E-state index in [1.165, 1.54) is 0 Å². The van der Waals surface area contributed by atoms with Gasteiger partial charge in [0.1, 0.15) is 12.4 Å². The second-order valence-corrected chi connectivity index (χ2v) is 6.93. The maximum Gasteiger partial charge on any atom is 0.234 e. The fourth-order valence-corrected chi connectivity index (χ4v) is 2.18. The van der Waals surface area contributed by atoms with E-state index in [9.17, 15) is 8.42 Å². The van der Waals surface area contributed by atoms with E-state index >= 15 is 0 Å². The number of ether oxygens (including phenoxy) is 2. The van der Waals surface area contributed by atoms with Gasteiger partial charge in [-0.1, -0.05) is 6.07 Å². The van der Waals surface area contributed by atoms with Gasteiger partial charge in [-0.3, -0.25) is 4.98 Å². The number of rotatable bonds is 7. The van der Waals surface area contributed by atoms with Gasteiger partial charge in [0, 0.05) is 22.3 Å². The Balaban J connectivity index is 1.82. The lowest BCUT2D eigenvalue weighted by atomic mass is 10.2. The van der Waals surface area contributed by atoms with E-state index < -0.39 is 9.05 Å². The Morgan fingerprint density at radius 3 is 2.75 bits per heavy atom. The van der Waals surface area contributed by atoms with Crippen molar-refractivity contribution >= 4 is 30.6 Å².